The van der Waals surface area contributed by atoms with Gasteiger partial charge in [0.05, 0.1) is 19.0 Å². The molecule has 2 aromatic rings. The molecule has 4 unspecified atom stereocenters. The molecule has 124 valence electrons. The molecule has 0 aliphatic carbocycles. The second kappa shape index (κ2) is 6.00. The summed E-state index contributed by atoms with van der Waals surface area (Å²) < 4.78 is 7.38. The Morgan fingerprint density at radius 2 is 2.30 bits per heavy atom. The predicted molar refractivity (Wildman–Crippen MR) is 81.8 cm³/mol. The molecule has 0 amide bonds. The minimum Gasteiger partial charge on any atom is -0.394 e. The number of hydrogen-bond acceptors (Lipinski definition) is 8. The van der Waals surface area contributed by atoms with E-state index in [2.05, 4.69) is 25.6 Å². The SMILES string of the molecule is OCC1CC(O)C(n2cnc3c(NC4CCNC4)ncnc32)O1. The van der Waals surface area contributed by atoms with Crippen LogP contribution < -0.4 is 10.6 Å². The highest BCUT2D eigenvalue weighted by Gasteiger charge is 2.36. The fourth-order valence-corrected chi connectivity index (χ4v) is 3.21. The maximum Gasteiger partial charge on any atom is 0.167 e. The van der Waals surface area contributed by atoms with Crippen molar-refractivity contribution in [2.75, 3.05) is 25.0 Å². The van der Waals surface area contributed by atoms with Gasteiger partial charge in [0.1, 0.15) is 12.4 Å². The zero-order valence-corrected chi connectivity index (χ0v) is 12.6. The number of aromatic nitrogens is 4. The molecule has 0 bridgehead atoms. The van der Waals surface area contributed by atoms with Crippen molar-refractivity contribution in [2.45, 2.75) is 37.3 Å². The lowest BCUT2D eigenvalue weighted by atomic mass is 10.2. The highest BCUT2D eigenvalue weighted by atomic mass is 16.5. The van der Waals surface area contributed by atoms with Gasteiger partial charge in [-0.2, -0.15) is 0 Å². The Morgan fingerprint density at radius 1 is 1.39 bits per heavy atom. The zero-order valence-electron chi connectivity index (χ0n) is 12.6. The Bertz CT molecular complexity index is 686. The first-order chi connectivity index (χ1) is 11.3. The molecule has 0 saturated carbocycles. The minimum atomic E-state index is -0.699. The quantitative estimate of drug-likeness (QED) is 0.581. The number of imidazole rings is 1. The fourth-order valence-electron chi connectivity index (χ4n) is 3.21. The molecule has 9 nitrogen and oxygen atoms in total. The summed E-state index contributed by atoms with van der Waals surface area (Å²) in [5, 5.41) is 26.1. The summed E-state index contributed by atoms with van der Waals surface area (Å²) in [6, 6.07) is 0.324. The number of rotatable bonds is 4. The van der Waals surface area contributed by atoms with Crippen LogP contribution >= 0.6 is 0 Å². The lowest BCUT2D eigenvalue weighted by Crippen LogP contribution is -2.23. The van der Waals surface area contributed by atoms with Crippen LogP contribution in [0.1, 0.15) is 19.1 Å². The standard InChI is InChI=1S/C14H20N6O3/c21-5-9-3-10(22)14(23-9)20-7-18-11-12(16-6-17-13(11)20)19-8-1-2-15-4-8/h6-10,14-15,21-22H,1-5H2,(H,16,17,19). The van der Waals surface area contributed by atoms with Crippen LogP contribution in [0.4, 0.5) is 5.82 Å². The summed E-state index contributed by atoms with van der Waals surface area (Å²) >= 11 is 0. The molecule has 4 N–H and O–H groups in total. The lowest BCUT2D eigenvalue weighted by Gasteiger charge is -2.17. The summed E-state index contributed by atoms with van der Waals surface area (Å²) in [6.45, 7) is 1.77. The third kappa shape index (κ3) is 2.65. The van der Waals surface area contributed by atoms with Crippen LogP contribution in [0.2, 0.25) is 0 Å². The zero-order chi connectivity index (χ0) is 15.8. The average Bonchev–Trinajstić information content (AvgIpc) is 3.27. The topological polar surface area (TPSA) is 117 Å². The fraction of sp³-hybridized carbons (Fsp3) is 0.643. The van der Waals surface area contributed by atoms with E-state index in [-0.39, 0.29) is 12.7 Å². The van der Waals surface area contributed by atoms with E-state index in [0.29, 0.717) is 29.4 Å². The normalized spacial score (nSPS) is 31.0. The van der Waals surface area contributed by atoms with Gasteiger partial charge in [0.15, 0.2) is 23.2 Å². The van der Waals surface area contributed by atoms with Gasteiger partial charge in [-0.1, -0.05) is 0 Å². The smallest absolute Gasteiger partial charge is 0.167 e. The van der Waals surface area contributed by atoms with Gasteiger partial charge >= 0.3 is 0 Å². The molecule has 2 aliphatic heterocycles. The highest BCUT2D eigenvalue weighted by Crippen LogP contribution is 2.31. The maximum absolute atomic E-state index is 10.2. The van der Waals surface area contributed by atoms with Gasteiger partial charge in [-0.15, -0.1) is 0 Å². The van der Waals surface area contributed by atoms with E-state index < -0.39 is 12.3 Å². The van der Waals surface area contributed by atoms with Crippen molar-refractivity contribution in [3.8, 4) is 0 Å². The summed E-state index contributed by atoms with van der Waals surface area (Å²) in [4.78, 5) is 13.0. The molecule has 0 aromatic carbocycles. The van der Waals surface area contributed by atoms with Crippen molar-refractivity contribution >= 4 is 17.0 Å². The summed E-state index contributed by atoms with van der Waals surface area (Å²) in [7, 11) is 0. The van der Waals surface area contributed by atoms with E-state index in [1.165, 1.54) is 6.33 Å². The van der Waals surface area contributed by atoms with Crippen LogP contribution in [0.15, 0.2) is 12.7 Å². The Kier molecular flexibility index (Phi) is 3.85. The van der Waals surface area contributed by atoms with Crippen molar-refractivity contribution in [1.82, 2.24) is 24.8 Å². The van der Waals surface area contributed by atoms with E-state index >= 15 is 0 Å². The van der Waals surface area contributed by atoms with Gasteiger partial charge < -0.3 is 25.6 Å². The molecule has 4 rings (SSSR count). The van der Waals surface area contributed by atoms with Crippen LogP contribution in [0.25, 0.3) is 11.2 Å². The van der Waals surface area contributed by atoms with E-state index in [1.54, 1.807) is 10.9 Å². The van der Waals surface area contributed by atoms with Gasteiger partial charge in [0, 0.05) is 19.0 Å². The molecule has 2 saturated heterocycles. The first-order valence-corrected chi connectivity index (χ1v) is 7.85. The molecule has 2 aromatic heterocycles. The molecule has 9 heteroatoms. The van der Waals surface area contributed by atoms with E-state index in [9.17, 15) is 10.2 Å². The summed E-state index contributed by atoms with van der Waals surface area (Å²) in [6.07, 6.45) is 2.86. The van der Waals surface area contributed by atoms with Crippen molar-refractivity contribution in [1.29, 1.82) is 0 Å². The number of nitrogens with one attached hydrogen (secondary N) is 2. The Labute approximate surface area is 132 Å². The van der Waals surface area contributed by atoms with Gasteiger partial charge in [-0.05, 0) is 13.0 Å². The van der Waals surface area contributed by atoms with E-state index in [1.807, 2.05) is 0 Å². The van der Waals surface area contributed by atoms with Crippen LogP contribution in [0.3, 0.4) is 0 Å². The molecule has 0 radical (unpaired) electrons. The van der Waals surface area contributed by atoms with Gasteiger partial charge in [0.2, 0.25) is 0 Å². The average molecular weight is 320 g/mol. The van der Waals surface area contributed by atoms with E-state index in [4.69, 9.17) is 4.74 Å². The van der Waals surface area contributed by atoms with Crippen LogP contribution in [0.5, 0.6) is 0 Å². The van der Waals surface area contributed by atoms with Gasteiger partial charge in [-0.3, -0.25) is 4.57 Å². The highest BCUT2D eigenvalue weighted by molar-refractivity contribution is 5.82. The largest absolute Gasteiger partial charge is 0.394 e. The van der Waals surface area contributed by atoms with Crippen LogP contribution in [0, 0.1) is 0 Å². The maximum atomic E-state index is 10.2. The van der Waals surface area contributed by atoms with Gasteiger partial charge in [-0.25, -0.2) is 15.0 Å². The molecule has 4 atom stereocenters. The number of nitrogens with zero attached hydrogens (tertiary/aromatic N) is 4. The minimum absolute atomic E-state index is 0.114. The first-order valence-electron chi connectivity index (χ1n) is 7.85. The number of hydrogen-bond donors (Lipinski definition) is 4. The Balaban J connectivity index is 1.64. The predicted octanol–water partition coefficient (Wildman–Crippen LogP) is -0.759. The third-order valence-corrected chi connectivity index (χ3v) is 4.40. The summed E-state index contributed by atoms with van der Waals surface area (Å²) in [5.74, 6) is 0.689. The number of aliphatic hydroxyl groups is 2. The van der Waals surface area contributed by atoms with Crippen LogP contribution in [-0.4, -0.2) is 67.7 Å². The molecule has 0 spiro atoms. The van der Waals surface area contributed by atoms with E-state index in [0.717, 1.165) is 19.5 Å². The molecule has 23 heavy (non-hydrogen) atoms. The molecule has 2 fully saturated rings. The Morgan fingerprint density at radius 3 is 3.04 bits per heavy atom. The number of fused-ring (bicyclic) bond motifs is 1. The lowest BCUT2D eigenvalue weighted by molar-refractivity contribution is -0.0486. The van der Waals surface area contributed by atoms with Crippen molar-refractivity contribution in [3.63, 3.8) is 0 Å². The van der Waals surface area contributed by atoms with Crippen molar-refractivity contribution in [3.05, 3.63) is 12.7 Å². The monoisotopic (exact) mass is 320 g/mol. The number of anilines is 1. The second-order valence-electron chi connectivity index (χ2n) is 6.01. The van der Waals surface area contributed by atoms with Crippen molar-refractivity contribution < 1.29 is 14.9 Å². The second-order valence-corrected chi connectivity index (χ2v) is 6.01. The Hall–Kier alpha value is -1.81. The first kappa shape index (κ1) is 14.8. The molecular weight excluding hydrogens is 300 g/mol. The molecule has 4 heterocycles. The van der Waals surface area contributed by atoms with Gasteiger partial charge in [0.25, 0.3) is 0 Å². The number of ether oxygens (including phenoxy) is 1. The number of aliphatic hydroxyl groups excluding tert-OH is 2. The summed E-state index contributed by atoms with van der Waals surface area (Å²) in [5.41, 5.74) is 1.26. The van der Waals surface area contributed by atoms with Crippen LogP contribution in [-0.2, 0) is 4.74 Å². The molecular formula is C14H20N6O3. The van der Waals surface area contributed by atoms with Crippen molar-refractivity contribution in [2.24, 2.45) is 0 Å². The third-order valence-electron chi connectivity index (χ3n) is 4.40. The molecule has 2 aliphatic rings.